The van der Waals surface area contributed by atoms with Crippen LogP contribution in [0.25, 0.3) is 0 Å². The summed E-state index contributed by atoms with van der Waals surface area (Å²) in [5.74, 6) is 1.32. The van der Waals surface area contributed by atoms with Gasteiger partial charge in [-0.15, -0.1) is 0 Å². The molecule has 1 saturated heterocycles. The highest BCUT2D eigenvalue weighted by Gasteiger charge is 2.19. The molecule has 0 saturated carbocycles. The van der Waals surface area contributed by atoms with E-state index in [4.69, 9.17) is 16.3 Å². The molecule has 0 aromatic heterocycles. The van der Waals surface area contributed by atoms with Gasteiger partial charge < -0.3 is 15.4 Å². The highest BCUT2D eigenvalue weighted by Crippen LogP contribution is 2.22. The van der Waals surface area contributed by atoms with Gasteiger partial charge in [0, 0.05) is 35.5 Å². The lowest BCUT2D eigenvalue weighted by Gasteiger charge is -2.22. The van der Waals surface area contributed by atoms with Crippen molar-refractivity contribution < 1.29 is 14.3 Å². The van der Waals surface area contributed by atoms with E-state index in [0.717, 1.165) is 18.1 Å². The molecule has 1 fully saturated rings. The minimum absolute atomic E-state index is 0.151. The van der Waals surface area contributed by atoms with Crippen LogP contribution in [-0.2, 0) is 9.53 Å². The van der Waals surface area contributed by atoms with Crippen molar-refractivity contribution in [3.63, 3.8) is 0 Å². The van der Waals surface area contributed by atoms with Crippen molar-refractivity contribution in [2.75, 3.05) is 30.5 Å². The number of thioether (sulfide) groups is 1. The van der Waals surface area contributed by atoms with Gasteiger partial charge in [0.25, 0.3) is 0 Å². The van der Waals surface area contributed by atoms with Crippen LogP contribution in [0.15, 0.2) is 18.2 Å². The molecule has 0 radical (unpaired) electrons. The molecule has 1 atom stereocenters. The molecular formula is C14H17ClN2O3S. The Balaban J connectivity index is 2.05. The highest BCUT2D eigenvalue weighted by molar-refractivity contribution is 7.99. The quantitative estimate of drug-likeness (QED) is 0.829. The van der Waals surface area contributed by atoms with Gasteiger partial charge in [-0.05, 0) is 18.2 Å². The Hall–Kier alpha value is -1.24. The van der Waals surface area contributed by atoms with Crippen molar-refractivity contribution in [2.24, 2.45) is 0 Å². The minimum Gasteiger partial charge on any atom is -0.465 e. The first-order valence-corrected chi connectivity index (χ1v) is 8.12. The van der Waals surface area contributed by atoms with E-state index < -0.39 is 5.97 Å². The van der Waals surface area contributed by atoms with Crippen LogP contribution in [0, 0.1) is 0 Å². The summed E-state index contributed by atoms with van der Waals surface area (Å²) >= 11 is 7.75. The first-order chi connectivity index (χ1) is 10.1. The van der Waals surface area contributed by atoms with Crippen LogP contribution >= 0.6 is 23.4 Å². The number of halogens is 1. The number of rotatable bonds is 4. The predicted octanol–water partition coefficient (Wildman–Crippen LogP) is 2.16. The van der Waals surface area contributed by atoms with E-state index in [9.17, 15) is 9.59 Å². The molecule has 5 nitrogen and oxygen atoms in total. The van der Waals surface area contributed by atoms with Crippen LogP contribution in [-0.4, -0.2) is 43.1 Å². The van der Waals surface area contributed by atoms with E-state index in [2.05, 4.69) is 10.6 Å². The van der Waals surface area contributed by atoms with Gasteiger partial charge in [0.1, 0.15) is 0 Å². The van der Waals surface area contributed by atoms with Crippen molar-refractivity contribution >= 4 is 40.9 Å². The van der Waals surface area contributed by atoms with Crippen LogP contribution in [0.5, 0.6) is 0 Å². The number of anilines is 1. The Kier molecular flexibility index (Phi) is 5.90. The molecule has 2 rings (SSSR count). The number of carbonyl (C=O) groups is 2. The lowest BCUT2D eigenvalue weighted by molar-refractivity contribution is -0.116. The van der Waals surface area contributed by atoms with Gasteiger partial charge in [-0.1, -0.05) is 11.6 Å². The Morgan fingerprint density at radius 1 is 1.52 bits per heavy atom. The number of carbonyl (C=O) groups excluding carboxylic acids is 2. The smallest absolute Gasteiger partial charge is 0.339 e. The monoisotopic (exact) mass is 328 g/mol. The molecule has 1 unspecified atom stereocenters. The molecule has 1 aliphatic rings. The van der Waals surface area contributed by atoms with Gasteiger partial charge in [-0.2, -0.15) is 11.8 Å². The van der Waals surface area contributed by atoms with Gasteiger partial charge >= 0.3 is 5.97 Å². The van der Waals surface area contributed by atoms with E-state index in [0.29, 0.717) is 22.7 Å². The zero-order chi connectivity index (χ0) is 15.2. The van der Waals surface area contributed by atoms with E-state index in [1.165, 1.54) is 7.11 Å². The van der Waals surface area contributed by atoms with E-state index in [-0.39, 0.29) is 11.9 Å². The van der Waals surface area contributed by atoms with Gasteiger partial charge in [0.2, 0.25) is 5.91 Å². The largest absolute Gasteiger partial charge is 0.465 e. The first kappa shape index (κ1) is 16.1. The first-order valence-electron chi connectivity index (χ1n) is 6.59. The fourth-order valence-electron chi connectivity index (χ4n) is 2.08. The normalized spacial score (nSPS) is 18.1. The number of methoxy groups -OCH3 is 1. The predicted molar refractivity (Wildman–Crippen MR) is 85.2 cm³/mol. The molecule has 1 aromatic carbocycles. The molecular weight excluding hydrogens is 312 g/mol. The molecule has 0 aliphatic carbocycles. The van der Waals surface area contributed by atoms with Crippen molar-refractivity contribution in [1.29, 1.82) is 0 Å². The van der Waals surface area contributed by atoms with Gasteiger partial charge in [0.05, 0.1) is 18.4 Å². The molecule has 2 N–H and O–H groups in total. The van der Waals surface area contributed by atoms with Gasteiger partial charge in [-0.25, -0.2) is 4.79 Å². The van der Waals surface area contributed by atoms with E-state index >= 15 is 0 Å². The van der Waals surface area contributed by atoms with Gasteiger partial charge in [-0.3, -0.25) is 4.79 Å². The van der Waals surface area contributed by atoms with Crippen LogP contribution in [0.4, 0.5) is 5.69 Å². The average Bonchev–Trinajstić information content (AvgIpc) is 2.47. The number of hydrogen-bond acceptors (Lipinski definition) is 5. The highest BCUT2D eigenvalue weighted by atomic mass is 35.5. The number of ether oxygens (including phenoxy) is 1. The van der Waals surface area contributed by atoms with Crippen LogP contribution in [0.1, 0.15) is 16.8 Å². The molecule has 1 amide bonds. The van der Waals surface area contributed by atoms with Crippen molar-refractivity contribution in [3.8, 4) is 0 Å². The van der Waals surface area contributed by atoms with Crippen LogP contribution < -0.4 is 10.6 Å². The maximum Gasteiger partial charge on any atom is 0.339 e. The second-order valence-corrected chi connectivity index (χ2v) is 6.25. The third kappa shape index (κ3) is 4.62. The number of hydrogen-bond donors (Lipinski definition) is 2. The zero-order valence-corrected chi connectivity index (χ0v) is 13.2. The van der Waals surface area contributed by atoms with E-state index in [1.807, 2.05) is 11.8 Å². The number of amides is 1. The fraction of sp³-hybridized carbons (Fsp3) is 0.429. The summed E-state index contributed by atoms with van der Waals surface area (Å²) < 4.78 is 4.70. The lowest BCUT2D eigenvalue weighted by Crippen LogP contribution is -2.40. The van der Waals surface area contributed by atoms with E-state index in [1.54, 1.807) is 18.2 Å². The molecule has 7 heteroatoms. The number of esters is 1. The Bertz CT molecular complexity index is 533. The summed E-state index contributed by atoms with van der Waals surface area (Å²) in [4.78, 5) is 23.8. The maximum atomic E-state index is 12.1. The van der Waals surface area contributed by atoms with Crippen molar-refractivity contribution in [1.82, 2.24) is 5.32 Å². The molecule has 21 heavy (non-hydrogen) atoms. The summed E-state index contributed by atoms with van der Waals surface area (Å²) in [6.07, 6.45) is 0.361. The van der Waals surface area contributed by atoms with Crippen molar-refractivity contribution in [3.05, 3.63) is 28.8 Å². The molecule has 0 spiro atoms. The fourth-order valence-corrected chi connectivity index (χ4v) is 3.20. The van der Waals surface area contributed by atoms with Crippen LogP contribution in [0.3, 0.4) is 0 Å². The summed E-state index contributed by atoms with van der Waals surface area (Å²) in [6, 6.07) is 4.83. The third-order valence-electron chi connectivity index (χ3n) is 3.09. The molecule has 0 bridgehead atoms. The summed E-state index contributed by atoms with van der Waals surface area (Å²) in [5.41, 5.74) is 0.670. The number of nitrogens with one attached hydrogen (secondary N) is 2. The molecule has 1 aromatic rings. The molecule has 114 valence electrons. The summed E-state index contributed by atoms with van der Waals surface area (Å²) in [5, 5.41) is 6.49. The average molecular weight is 329 g/mol. The summed E-state index contributed by atoms with van der Waals surface area (Å²) in [6.45, 7) is 0.910. The Labute approximate surface area is 132 Å². The molecule has 1 aliphatic heterocycles. The summed E-state index contributed by atoms with van der Waals surface area (Å²) in [7, 11) is 1.30. The topological polar surface area (TPSA) is 67.4 Å². The SMILES string of the molecule is COC(=O)c1ccc(Cl)cc1NC(=O)CC1CSCCN1. The maximum absolute atomic E-state index is 12.1. The lowest BCUT2D eigenvalue weighted by atomic mass is 10.1. The third-order valence-corrected chi connectivity index (χ3v) is 4.46. The zero-order valence-electron chi connectivity index (χ0n) is 11.6. The van der Waals surface area contributed by atoms with Crippen LogP contribution in [0.2, 0.25) is 5.02 Å². The second kappa shape index (κ2) is 7.68. The standard InChI is InChI=1S/C14H17ClN2O3S/c1-20-14(19)11-3-2-9(15)6-12(11)17-13(18)7-10-8-21-5-4-16-10/h2-3,6,10,16H,4-5,7-8H2,1H3,(H,17,18). The second-order valence-electron chi connectivity index (χ2n) is 4.66. The Morgan fingerprint density at radius 2 is 2.33 bits per heavy atom. The molecule has 1 heterocycles. The minimum atomic E-state index is -0.506. The number of benzene rings is 1. The van der Waals surface area contributed by atoms with Crippen molar-refractivity contribution in [2.45, 2.75) is 12.5 Å². The Morgan fingerprint density at radius 3 is 3.00 bits per heavy atom. The van der Waals surface area contributed by atoms with Gasteiger partial charge in [0.15, 0.2) is 0 Å².